The Morgan fingerprint density at radius 2 is 1.94 bits per heavy atom. The molecule has 16 heavy (non-hydrogen) atoms. The summed E-state index contributed by atoms with van der Waals surface area (Å²) in [6, 6.07) is 5.41. The molecule has 1 N–H and O–H groups in total. The number of anilines is 1. The van der Waals surface area contributed by atoms with Crippen molar-refractivity contribution >= 4 is 40.2 Å². The lowest BCUT2D eigenvalue weighted by Crippen LogP contribution is -1.97. The molecular formula is C11H10Cl2N2S. The lowest BCUT2D eigenvalue weighted by molar-refractivity contribution is 1.17. The molecule has 5 heteroatoms. The van der Waals surface area contributed by atoms with Crippen molar-refractivity contribution in [3.05, 3.63) is 44.3 Å². The number of aryl methyl sites for hydroxylation is 1. The molecule has 0 saturated heterocycles. The van der Waals surface area contributed by atoms with Gasteiger partial charge in [-0.1, -0.05) is 23.2 Å². The van der Waals surface area contributed by atoms with Crippen LogP contribution in [0.4, 0.5) is 5.69 Å². The van der Waals surface area contributed by atoms with Crippen LogP contribution in [-0.4, -0.2) is 4.98 Å². The molecule has 2 aromatic rings. The number of nitrogens with zero attached hydrogens (tertiary/aromatic N) is 1. The SMILES string of the molecule is Cc1ncc(CNc2cc(Cl)cc(Cl)c2)s1. The standard InChI is InChI=1S/C11H10Cl2N2S/c1-7-14-5-11(16-7)6-15-10-3-8(12)2-9(13)4-10/h2-5,15H,6H2,1H3. The van der Waals surface area contributed by atoms with Crippen molar-refractivity contribution in [2.24, 2.45) is 0 Å². The van der Waals surface area contributed by atoms with E-state index in [1.54, 1.807) is 17.4 Å². The summed E-state index contributed by atoms with van der Waals surface area (Å²) in [7, 11) is 0. The Kier molecular flexibility index (Phi) is 3.69. The molecule has 84 valence electrons. The maximum atomic E-state index is 5.90. The first-order valence-electron chi connectivity index (χ1n) is 4.75. The first kappa shape index (κ1) is 11.7. The van der Waals surface area contributed by atoms with E-state index in [-0.39, 0.29) is 0 Å². The summed E-state index contributed by atoms with van der Waals surface area (Å²) in [6.45, 7) is 2.73. The number of thiazole rings is 1. The van der Waals surface area contributed by atoms with E-state index in [1.807, 2.05) is 25.3 Å². The smallest absolute Gasteiger partial charge is 0.0897 e. The first-order chi connectivity index (χ1) is 7.63. The van der Waals surface area contributed by atoms with Crippen LogP contribution in [0, 0.1) is 6.92 Å². The Labute approximate surface area is 108 Å². The minimum Gasteiger partial charge on any atom is -0.380 e. The minimum atomic E-state index is 0.635. The van der Waals surface area contributed by atoms with Crippen LogP contribution in [0.15, 0.2) is 24.4 Å². The highest BCUT2D eigenvalue weighted by Crippen LogP contribution is 2.23. The number of benzene rings is 1. The van der Waals surface area contributed by atoms with E-state index in [2.05, 4.69) is 10.3 Å². The van der Waals surface area contributed by atoms with E-state index < -0.39 is 0 Å². The van der Waals surface area contributed by atoms with Gasteiger partial charge >= 0.3 is 0 Å². The lowest BCUT2D eigenvalue weighted by Gasteiger charge is -2.05. The number of hydrogen-bond acceptors (Lipinski definition) is 3. The monoisotopic (exact) mass is 272 g/mol. The zero-order valence-corrected chi connectivity index (χ0v) is 11.0. The van der Waals surface area contributed by atoms with Crippen LogP contribution in [0.3, 0.4) is 0 Å². The van der Waals surface area contributed by atoms with Gasteiger partial charge in [0.2, 0.25) is 0 Å². The van der Waals surface area contributed by atoms with E-state index in [0.29, 0.717) is 10.0 Å². The first-order valence-corrected chi connectivity index (χ1v) is 6.32. The Morgan fingerprint density at radius 1 is 1.25 bits per heavy atom. The van der Waals surface area contributed by atoms with Crippen LogP contribution < -0.4 is 5.32 Å². The van der Waals surface area contributed by atoms with Crippen molar-refractivity contribution in [3.63, 3.8) is 0 Å². The van der Waals surface area contributed by atoms with E-state index in [1.165, 1.54) is 4.88 Å². The molecule has 0 aliphatic heterocycles. The predicted octanol–water partition coefficient (Wildman–Crippen LogP) is 4.37. The zero-order valence-electron chi connectivity index (χ0n) is 8.63. The van der Waals surface area contributed by atoms with E-state index >= 15 is 0 Å². The summed E-state index contributed by atoms with van der Waals surface area (Å²) in [5, 5.41) is 5.60. The third-order valence-corrected chi connectivity index (χ3v) is 3.35. The predicted molar refractivity (Wildman–Crippen MR) is 70.6 cm³/mol. The number of nitrogens with one attached hydrogen (secondary N) is 1. The second-order valence-corrected chi connectivity index (χ2v) is 5.55. The minimum absolute atomic E-state index is 0.635. The molecule has 0 bridgehead atoms. The molecule has 0 aliphatic carbocycles. The fourth-order valence-electron chi connectivity index (χ4n) is 1.33. The van der Waals surface area contributed by atoms with Gasteiger partial charge in [0.05, 0.1) is 11.6 Å². The largest absolute Gasteiger partial charge is 0.380 e. The normalized spacial score (nSPS) is 10.4. The highest BCUT2D eigenvalue weighted by molar-refractivity contribution is 7.11. The van der Waals surface area contributed by atoms with Crippen LogP contribution in [0.5, 0.6) is 0 Å². The van der Waals surface area contributed by atoms with Crippen molar-refractivity contribution in [1.82, 2.24) is 4.98 Å². The summed E-state index contributed by atoms with van der Waals surface area (Å²) in [4.78, 5) is 5.38. The van der Waals surface area contributed by atoms with Gasteiger partial charge in [0, 0.05) is 26.8 Å². The fraction of sp³-hybridized carbons (Fsp3) is 0.182. The third kappa shape index (κ3) is 3.11. The fourth-order valence-corrected chi connectivity index (χ4v) is 2.59. The number of aromatic nitrogens is 1. The van der Waals surface area contributed by atoms with Crippen molar-refractivity contribution in [2.75, 3.05) is 5.32 Å². The average molecular weight is 273 g/mol. The Hall–Kier alpha value is -0.770. The summed E-state index contributed by atoms with van der Waals surface area (Å²) in [6.07, 6.45) is 1.87. The molecule has 0 radical (unpaired) electrons. The van der Waals surface area contributed by atoms with Crippen LogP contribution in [0.25, 0.3) is 0 Å². The topological polar surface area (TPSA) is 24.9 Å². The molecule has 1 aromatic heterocycles. The average Bonchev–Trinajstić information content (AvgIpc) is 2.60. The van der Waals surface area contributed by atoms with E-state index in [4.69, 9.17) is 23.2 Å². The molecule has 0 fully saturated rings. The van der Waals surface area contributed by atoms with Gasteiger partial charge in [-0.25, -0.2) is 4.98 Å². The molecule has 0 unspecified atom stereocenters. The van der Waals surface area contributed by atoms with Gasteiger partial charge in [0.25, 0.3) is 0 Å². The van der Waals surface area contributed by atoms with Crippen LogP contribution >= 0.6 is 34.5 Å². The van der Waals surface area contributed by atoms with Crippen LogP contribution in [-0.2, 0) is 6.54 Å². The van der Waals surface area contributed by atoms with Crippen molar-refractivity contribution in [1.29, 1.82) is 0 Å². The summed E-state index contributed by atoms with van der Waals surface area (Å²) in [5.41, 5.74) is 0.920. The summed E-state index contributed by atoms with van der Waals surface area (Å²) < 4.78 is 0. The van der Waals surface area contributed by atoms with Gasteiger partial charge in [-0.05, 0) is 25.1 Å². The Morgan fingerprint density at radius 3 is 2.50 bits per heavy atom. The molecule has 0 amide bonds. The summed E-state index contributed by atoms with van der Waals surface area (Å²) in [5.74, 6) is 0. The van der Waals surface area contributed by atoms with Crippen molar-refractivity contribution < 1.29 is 0 Å². The van der Waals surface area contributed by atoms with E-state index in [9.17, 15) is 0 Å². The van der Waals surface area contributed by atoms with Gasteiger partial charge in [-0.2, -0.15) is 0 Å². The summed E-state index contributed by atoms with van der Waals surface area (Å²) >= 11 is 13.5. The molecule has 1 heterocycles. The zero-order chi connectivity index (χ0) is 11.5. The second kappa shape index (κ2) is 5.04. The number of rotatable bonds is 3. The molecule has 2 nitrogen and oxygen atoms in total. The van der Waals surface area contributed by atoms with Crippen LogP contribution in [0.1, 0.15) is 9.88 Å². The molecule has 0 aliphatic rings. The third-order valence-electron chi connectivity index (χ3n) is 2.00. The lowest BCUT2D eigenvalue weighted by atomic mass is 10.3. The van der Waals surface area contributed by atoms with E-state index in [0.717, 1.165) is 17.2 Å². The van der Waals surface area contributed by atoms with Crippen LogP contribution in [0.2, 0.25) is 10.0 Å². The highest BCUT2D eigenvalue weighted by Gasteiger charge is 2.00. The second-order valence-electron chi connectivity index (χ2n) is 3.36. The Bertz CT molecular complexity index is 476. The maximum absolute atomic E-state index is 5.90. The maximum Gasteiger partial charge on any atom is 0.0897 e. The van der Waals surface area contributed by atoms with Crippen molar-refractivity contribution in [2.45, 2.75) is 13.5 Å². The molecule has 0 spiro atoms. The Balaban J connectivity index is 2.04. The van der Waals surface area contributed by atoms with Gasteiger partial charge < -0.3 is 5.32 Å². The molecule has 2 rings (SSSR count). The number of halogens is 2. The van der Waals surface area contributed by atoms with Gasteiger partial charge in [-0.3, -0.25) is 0 Å². The van der Waals surface area contributed by atoms with Crippen molar-refractivity contribution in [3.8, 4) is 0 Å². The highest BCUT2D eigenvalue weighted by atomic mass is 35.5. The van der Waals surface area contributed by atoms with Gasteiger partial charge in [-0.15, -0.1) is 11.3 Å². The quantitative estimate of drug-likeness (QED) is 0.898. The molecule has 0 atom stereocenters. The molecule has 0 saturated carbocycles. The molecule has 1 aromatic carbocycles. The molecular weight excluding hydrogens is 263 g/mol. The van der Waals surface area contributed by atoms with Gasteiger partial charge in [0.1, 0.15) is 0 Å². The van der Waals surface area contributed by atoms with Gasteiger partial charge in [0.15, 0.2) is 0 Å². The number of hydrogen-bond donors (Lipinski definition) is 1.